The van der Waals surface area contributed by atoms with Crippen molar-refractivity contribution in [3.8, 4) is 0 Å². The Balaban J connectivity index is 0.000000197. The van der Waals surface area contributed by atoms with E-state index in [1.165, 1.54) is 79.4 Å². The zero-order chi connectivity index (χ0) is 66.4. The molecule has 0 aliphatic carbocycles. The van der Waals surface area contributed by atoms with Crippen molar-refractivity contribution in [3.63, 3.8) is 0 Å². The second-order valence-corrected chi connectivity index (χ2v) is 23.2. The zero-order valence-corrected chi connectivity index (χ0v) is 54.7. The Morgan fingerprint density at radius 1 is 0.564 bits per heavy atom. The summed E-state index contributed by atoms with van der Waals surface area (Å²) in [7, 11) is 2.15. The average molecular weight is 1270 g/mol. The number of rotatable bonds is 34. The van der Waals surface area contributed by atoms with Crippen LogP contribution < -0.4 is 36.9 Å². The first-order valence-electron chi connectivity index (χ1n) is 33.1. The standard InChI is InChI=1S/C28H33N5O2.C25H30N4.C22H28N2O3.CO2/c34-27-26(31-22-14-8-7-9-15-22)23-16-10-11-17-24(23)33(27)21-13-6-4-2-1-3-5-12-19-29-25-18-20-30-28(35)32-25;1-21-9-8-12-24(19-21)28-27-20-22-13-15-25(16-14-22)29(2)18-7-6-17-26-23-10-4-3-5-11-23;1-2-14-24-21(25)19-12-11-17(16-20(19)22(24)26)23-13-7-5-3-4-6-9-18-10-8-15-27-18;2-1-3/h7-11,14-18,20H,1-6,12-13,19,21H2,(H2,29,30,32,35);3-5,8-16,19-20,26,28H,6-7,17-18H2,1-2H3;8,10-12,15-16,23H,2-7,9,13-14H2,1H3;/b;27-20+;;. The molecule has 3 amide bonds. The molecule has 10 rings (SSSR count). The van der Waals surface area contributed by atoms with Gasteiger partial charge in [0, 0.05) is 81.6 Å². The summed E-state index contributed by atoms with van der Waals surface area (Å²) < 4.78 is 5.34. The number of hydrogen-bond donors (Lipinski definition) is 5. The Labute approximate surface area is 553 Å². The minimum Gasteiger partial charge on any atom is -0.469 e. The summed E-state index contributed by atoms with van der Waals surface area (Å²) in [5, 5.41) is 14.4. The van der Waals surface area contributed by atoms with Crippen molar-refractivity contribution < 1.29 is 28.4 Å². The fourth-order valence-corrected chi connectivity index (χ4v) is 10.9. The summed E-state index contributed by atoms with van der Waals surface area (Å²) in [6.45, 7) is 9.01. The highest BCUT2D eigenvalue weighted by molar-refractivity contribution is 6.54. The molecule has 6 aromatic carbocycles. The van der Waals surface area contributed by atoms with Crippen molar-refractivity contribution in [2.75, 3.05) is 77.5 Å². The van der Waals surface area contributed by atoms with Gasteiger partial charge in [0.15, 0.2) is 0 Å². The molecule has 94 heavy (non-hydrogen) atoms. The number of aromatic amines is 1. The van der Waals surface area contributed by atoms with Crippen molar-refractivity contribution in [1.29, 1.82) is 0 Å². The number of aromatic nitrogens is 2. The van der Waals surface area contributed by atoms with Crippen LogP contribution in [0.2, 0.25) is 0 Å². The molecular formula is C76H91N11O7. The van der Waals surface area contributed by atoms with Gasteiger partial charge in [-0.1, -0.05) is 144 Å². The van der Waals surface area contributed by atoms with Gasteiger partial charge in [-0.05, 0) is 154 Å². The number of carbonyl (C=O) groups is 3. The Kier molecular flexibility index (Phi) is 30.8. The number of anilines is 6. The number of para-hydroxylation sites is 3. The van der Waals surface area contributed by atoms with E-state index in [2.05, 4.69) is 121 Å². The van der Waals surface area contributed by atoms with E-state index in [1.54, 1.807) is 18.4 Å². The number of amides is 3. The van der Waals surface area contributed by atoms with Crippen molar-refractivity contribution in [3.05, 3.63) is 226 Å². The molecule has 8 aromatic rings. The Bertz CT molecular complexity index is 3700. The van der Waals surface area contributed by atoms with Crippen LogP contribution in [0, 0.1) is 6.92 Å². The molecule has 0 bridgehead atoms. The topological polar surface area (TPSA) is 227 Å². The molecule has 0 spiro atoms. The van der Waals surface area contributed by atoms with E-state index in [0.29, 0.717) is 23.4 Å². The van der Waals surface area contributed by atoms with Gasteiger partial charge < -0.3 is 30.2 Å². The van der Waals surface area contributed by atoms with E-state index in [1.807, 2.05) is 115 Å². The third kappa shape index (κ3) is 24.1. The summed E-state index contributed by atoms with van der Waals surface area (Å²) in [5.74, 6) is 1.45. The van der Waals surface area contributed by atoms with Crippen molar-refractivity contribution in [2.45, 2.75) is 123 Å². The molecule has 0 atom stereocenters. The van der Waals surface area contributed by atoms with E-state index in [9.17, 15) is 19.2 Å². The van der Waals surface area contributed by atoms with Gasteiger partial charge in [-0.2, -0.15) is 14.7 Å². The molecule has 18 nitrogen and oxygen atoms in total. The monoisotopic (exact) mass is 1270 g/mol. The highest BCUT2D eigenvalue weighted by Crippen LogP contribution is 2.32. The van der Waals surface area contributed by atoms with Gasteiger partial charge in [0.1, 0.15) is 17.3 Å². The average Bonchev–Trinajstić information content (AvgIpc) is 1.65. The second kappa shape index (κ2) is 40.6. The number of fused-ring (bicyclic) bond motifs is 2. The maximum atomic E-state index is 13.1. The lowest BCUT2D eigenvalue weighted by Crippen LogP contribution is -2.31. The first-order valence-corrected chi connectivity index (χ1v) is 33.1. The SMILES string of the molecule is CCCN1C(=O)c2ccc(NCCCCCCCc3ccco3)cc2C1=O.Cc1cccc(N/N=C/c2ccc(N(C)CCCCNc3ccccc3)cc2)c1.O=C1C(=Nc2ccccc2)c2ccccc2N1CCCCCCCCCCNc1ccnc(=O)[nH]1.O=C=O. The summed E-state index contributed by atoms with van der Waals surface area (Å²) in [6, 6.07) is 55.9. The molecule has 0 saturated heterocycles. The number of aryl methyl sites for hydroxylation is 2. The molecule has 18 heteroatoms. The first kappa shape index (κ1) is 71.3. The van der Waals surface area contributed by atoms with E-state index in [0.717, 1.165) is 136 Å². The third-order valence-electron chi connectivity index (χ3n) is 15.9. The number of hydrogen-bond acceptors (Lipinski definition) is 15. The molecule has 2 aromatic heterocycles. The van der Waals surface area contributed by atoms with Crippen LogP contribution in [0.1, 0.15) is 153 Å². The van der Waals surface area contributed by atoms with Crippen LogP contribution in [0.15, 0.2) is 202 Å². The van der Waals surface area contributed by atoms with Crippen molar-refractivity contribution in [2.24, 2.45) is 10.1 Å². The van der Waals surface area contributed by atoms with Crippen molar-refractivity contribution in [1.82, 2.24) is 14.9 Å². The van der Waals surface area contributed by atoms with Crippen LogP contribution in [-0.4, -0.2) is 97.0 Å². The Hall–Kier alpha value is -10.2. The van der Waals surface area contributed by atoms with Gasteiger partial charge in [-0.3, -0.25) is 29.7 Å². The lowest BCUT2D eigenvalue weighted by molar-refractivity contribution is -0.191. The normalized spacial score (nSPS) is 12.4. The minimum absolute atomic E-state index is 0.000460. The van der Waals surface area contributed by atoms with Crippen LogP contribution >= 0.6 is 0 Å². The number of unbranched alkanes of at least 4 members (excludes halogenated alkanes) is 12. The van der Waals surface area contributed by atoms with Gasteiger partial charge in [0.05, 0.1) is 40.7 Å². The number of hydrazone groups is 1. The number of carbonyl (C=O) groups excluding carboxylic acids is 5. The lowest BCUT2D eigenvalue weighted by Gasteiger charge is -2.19. The molecule has 5 N–H and O–H groups in total. The van der Waals surface area contributed by atoms with Crippen LogP contribution in [0.4, 0.5) is 39.9 Å². The van der Waals surface area contributed by atoms with E-state index in [4.69, 9.17) is 14.0 Å². The number of aliphatic imine (C=N–C) groups is 1. The van der Waals surface area contributed by atoms with Crippen LogP contribution in [0.25, 0.3) is 0 Å². The number of nitrogens with one attached hydrogen (secondary N) is 5. The van der Waals surface area contributed by atoms with Crippen molar-refractivity contribution >= 4 is 75.7 Å². The van der Waals surface area contributed by atoms with Gasteiger partial charge in [0.25, 0.3) is 17.7 Å². The number of imide groups is 1. The quantitative estimate of drug-likeness (QED) is 0.0110. The van der Waals surface area contributed by atoms with Crippen LogP contribution in [-0.2, 0) is 20.8 Å². The molecule has 0 radical (unpaired) electrons. The Morgan fingerprint density at radius 2 is 1.19 bits per heavy atom. The van der Waals surface area contributed by atoms with E-state index >= 15 is 0 Å². The van der Waals surface area contributed by atoms with Crippen LogP contribution in [0.3, 0.4) is 0 Å². The third-order valence-corrected chi connectivity index (χ3v) is 15.9. The molecule has 492 valence electrons. The van der Waals surface area contributed by atoms with E-state index < -0.39 is 0 Å². The van der Waals surface area contributed by atoms with Crippen LogP contribution in [0.5, 0.6) is 0 Å². The summed E-state index contributed by atoms with van der Waals surface area (Å²) >= 11 is 0. The maximum absolute atomic E-state index is 13.1. The molecular weight excluding hydrogens is 1180 g/mol. The smallest absolute Gasteiger partial charge is 0.373 e. The Morgan fingerprint density at radius 3 is 1.88 bits per heavy atom. The maximum Gasteiger partial charge on any atom is 0.373 e. The largest absolute Gasteiger partial charge is 0.469 e. The predicted molar refractivity (Wildman–Crippen MR) is 379 cm³/mol. The molecule has 2 aliphatic rings. The highest BCUT2D eigenvalue weighted by Gasteiger charge is 2.35. The molecule has 4 heterocycles. The predicted octanol–water partition coefficient (Wildman–Crippen LogP) is 15.5. The van der Waals surface area contributed by atoms with Gasteiger partial charge >= 0.3 is 11.8 Å². The minimum atomic E-state index is -0.325. The number of furan rings is 1. The first-order chi connectivity index (χ1) is 46.0. The summed E-state index contributed by atoms with van der Waals surface area (Å²) in [6.07, 6.45) is 24.5. The zero-order valence-electron chi connectivity index (χ0n) is 54.7. The fraction of sp³-hybridized carbons (Fsp3) is 0.342. The molecule has 0 saturated carbocycles. The van der Waals surface area contributed by atoms with E-state index in [-0.39, 0.29) is 29.6 Å². The summed E-state index contributed by atoms with van der Waals surface area (Å²) in [5.41, 5.74) is 13.6. The van der Waals surface area contributed by atoms with Gasteiger partial charge in [0.2, 0.25) is 0 Å². The molecule has 0 unspecified atom stereocenters. The fourth-order valence-electron chi connectivity index (χ4n) is 10.9. The number of benzene rings is 6. The van der Waals surface area contributed by atoms with Gasteiger partial charge in [-0.25, -0.2) is 14.8 Å². The molecule has 0 fully saturated rings. The highest BCUT2D eigenvalue weighted by atomic mass is 16.3. The van der Waals surface area contributed by atoms with Gasteiger partial charge in [-0.15, -0.1) is 0 Å². The number of nitrogens with zero attached hydrogens (tertiary/aromatic N) is 6. The lowest BCUT2D eigenvalue weighted by atomic mass is 10.1. The second-order valence-electron chi connectivity index (χ2n) is 23.2. The summed E-state index contributed by atoms with van der Waals surface area (Å²) in [4.78, 5) is 81.7. The molecule has 2 aliphatic heterocycles. The number of H-pyrrole nitrogens is 1.